The van der Waals surface area contributed by atoms with Gasteiger partial charge in [-0.1, -0.05) is 11.6 Å². The van der Waals surface area contributed by atoms with E-state index in [9.17, 15) is 18.0 Å². The Hall–Kier alpha value is -3.16. The summed E-state index contributed by atoms with van der Waals surface area (Å²) in [5.74, 6) is -0.277. The largest absolute Gasteiger partial charge is 0.416 e. The zero-order chi connectivity index (χ0) is 20.3. The lowest BCUT2D eigenvalue weighted by atomic mass is 10.0. The van der Waals surface area contributed by atoms with Gasteiger partial charge in [0, 0.05) is 37.5 Å². The van der Waals surface area contributed by atoms with Gasteiger partial charge in [0.2, 0.25) is 0 Å². The van der Waals surface area contributed by atoms with Crippen molar-refractivity contribution in [2.24, 2.45) is 10.7 Å². The number of aliphatic imine (C=N–C) groups is 1. The average Bonchev–Trinajstić information content (AvgIpc) is 2.61. The molecule has 0 radical (unpaired) electrons. The van der Waals surface area contributed by atoms with Crippen molar-refractivity contribution in [3.05, 3.63) is 70.7 Å². The molecule has 5 nitrogen and oxygen atoms in total. The second kappa shape index (κ2) is 7.84. The van der Waals surface area contributed by atoms with Gasteiger partial charge >= 0.3 is 6.18 Å². The van der Waals surface area contributed by atoms with Gasteiger partial charge in [0.15, 0.2) is 0 Å². The molecule has 28 heavy (non-hydrogen) atoms. The summed E-state index contributed by atoms with van der Waals surface area (Å²) in [5.41, 5.74) is 7.94. The molecule has 1 aliphatic rings. The molecule has 146 valence electrons. The molecule has 2 heterocycles. The van der Waals surface area contributed by atoms with Crippen LogP contribution in [0.2, 0.25) is 0 Å². The fraction of sp³-hybridized carbons (Fsp3) is 0.250. The number of piperidine rings is 1. The second-order valence-electron chi connectivity index (χ2n) is 6.53. The Morgan fingerprint density at radius 3 is 2.79 bits per heavy atom. The maximum atomic E-state index is 13.0. The number of nitrogens with zero attached hydrogens (tertiary/aromatic N) is 2. The number of pyridine rings is 1. The Balaban J connectivity index is 1.88. The molecule has 3 N–H and O–H groups in total. The molecule has 3 rings (SSSR count). The molecule has 1 fully saturated rings. The number of hydrogen-bond acceptors (Lipinski definition) is 4. The minimum absolute atomic E-state index is 0.240. The third-order valence-electron chi connectivity index (χ3n) is 4.28. The summed E-state index contributed by atoms with van der Waals surface area (Å²) < 4.78 is 39.1. The molecule has 0 saturated carbocycles. The van der Waals surface area contributed by atoms with Crippen molar-refractivity contribution in [3.8, 4) is 0 Å². The van der Waals surface area contributed by atoms with Crippen LogP contribution < -0.4 is 11.1 Å². The average molecular weight is 388 g/mol. The van der Waals surface area contributed by atoms with Crippen LogP contribution in [0.1, 0.15) is 28.8 Å². The first-order valence-electron chi connectivity index (χ1n) is 8.67. The van der Waals surface area contributed by atoms with E-state index in [4.69, 9.17) is 5.73 Å². The van der Waals surface area contributed by atoms with Gasteiger partial charge in [0.1, 0.15) is 0 Å². The number of aromatic nitrogens is 1. The lowest BCUT2D eigenvalue weighted by molar-refractivity contribution is -0.137. The summed E-state index contributed by atoms with van der Waals surface area (Å²) >= 11 is 0. The molecule has 0 atom stereocenters. The van der Waals surface area contributed by atoms with Crippen LogP contribution in [0.3, 0.4) is 0 Å². The van der Waals surface area contributed by atoms with E-state index in [1.165, 1.54) is 6.20 Å². The number of nitrogens with one attached hydrogen (secondary N) is 1. The number of alkyl halides is 3. The Morgan fingerprint density at radius 2 is 2.07 bits per heavy atom. The number of rotatable bonds is 3. The van der Waals surface area contributed by atoms with Crippen molar-refractivity contribution in [3.63, 3.8) is 0 Å². The van der Waals surface area contributed by atoms with Crippen molar-refractivity contribution < 1.29 is 18.0 Å². The number of amides is 1. The number of hydrogen-bond donors (Lipinski definition) is 2. The maximum Gasteiger partial charge on any atom is 0.416 e. The SMILES string of the molecule is Cc1cc(Cc2cc(N=C3CCNC(=O)/C3=C/N)ccn2)cc(C(F)(F)F)c1. The predicted octanol–water partition coefficient (Wildman–Crippen LogP) is 3.43. The Bertz CT molecular complexity index is 964. The van der Waals surface area contributed by atoms with E-state index >= 15 is 0 Å². The van der Waals surface area contributed by atoms with Crippen LogP contribution in [0.4, 0.5) is 18.9 Å². The third kappa shape index (κ3) is 4.57. The van der Waals surface area contributed by atoms with E-state index in [0.717, 1.165) is 12.1 Å². The topological polar surface area (TPSA) is 80.4 Å². The number of benzene rings is 1. The molecule has 1 amide bonds. The van der Waals surface area contributed by atoms with Crippen molar-refractivity contribution in [2.45, 2.75) is 25.9 Å². The van der Waals surface area contributed by atoms with Crippen molar-refractivity contribution in [1.82, 2.24) is 10.3 Å². The molecular weight excluding hydrogens is 369 g/mol. The van der Waals surface area contributed by atoms with Crippen molar-refractivity contribution >= 4 is 17.3 Å². The normalized spacial score (nSPS) is 17.8. The Labute approximate surface area is 160 Å². The monoisotopic (exact) mass is 388 g/mol. The van der Waals surface area contributed by atoms with Gasteiger partial charge in [-0.05, 0) is 36.8 Å². The van der Waals surface area contributed by atoms with E-state index in [0.29, 0.717) is 46.8 Å². The Morgan fingerprint density at radius 1 is 1.29 bits per heavy atom. The van der Waals surface area contributed by atoms with Crippen LogP contribution in [0.15, 0.2) is 53.3 Å². The highest BCUT2D eigenvalue weighted by Crippen LogP contribution is 2.31. The molecule has 2 aromatic rings. The van der Waals surface area contributed by atoms with Crippen LogP contribution in [-0.2, 0) is 17.4 Å². The zero-order valence-electron chi connectivity index (χ0n) is 15.2. The van der Waals surface area contributed by atoms with E-state index in [2.05, 4.69) is 15.3 Å². The standard InChI is InChI=1S/C20H19F3N4O/c1-12-6-13(8-14(7-12)20(21,22)23)9-16-10-15(2-4-25-16)27-18-3-5-26-19(28)17(18)11-24/h2,4,6-8,10-11H,3,5,9,24H2,1H3,(H,26,28)/b17-11+,27-18?. The van der Waals surface area contributed by atoms with Crippen molar-refractivity contribution in [1.29, 1.82) is 0 Å². The van der Waals surface area contributed by atoms with Crippen LogP contribution in [0.25, 0.3) is 0 Å². The summed E-state index contributed by atoms with van der Waals surface area (Å²) in [4.78, 5) is 20.6. The van der Waals surface area contributed by atoms with Crippen LogP contribution in [0, 0.1) is 6.92 Å². The summed E-state index contributed by atoms with van der Waals surface area (Å²) in [6, 6.07) is 7.33. The highest BCUT2D eigenvalue weighted by molar-refractivity contribution is 6.23. The highest BCUT2D eigenvalue weighted by Gasteiger charge is 2.30. The van der Waals surface area contributed by atoms with Crippen LogP contribution >= 0.6 is 0 Å². The summed E-state index contributed by atoms with van der Waals surface area (Å²) in [5, 5.41) is 2.69. The lowest BCUT2D eigenvalue weighted by Gasteiger charge is -2.17. The summed E-state index contributed by atoms with van der Waals surface area (Å²) in [6.07, 6.45) is -0.845. The number of nitrogens with two attached hydrogens (primary N) is 1. The molecule has 0 unspecified atom stereocenters. The molecule has 0 aliphatic carbocycles. The molecule has 1 saturated heterocycles. The van der Waals surface area contributed by atoms with Gasteiger partial charge in [0.25, 0.3) is 5.91 Å². The number of carbonyl (C=O) groups excluding carboxylic acids is 1. The molecule has 1 aliphatic heterocycles. The number of aryl methyl sites for hydroxylation is 1. The lowest BCUT2D eigenvalue weighted by Crippen LogP contribution is -2.36. The zero-order valence-corrected chi connectivity index (χ0v) is 15.2. The predicted molar refractivity (Wildman–Crippen MR) is 100 cm³/mol. The third-order valence-corrected chi connectivity index (χ3v) is 4.28. The van der Waals surface area contributed by atoms with E-state index in [1.807, 2.05) is 0 Å². The molecule has 8 heteroatoms. The first kappa shape index (κ1) is 19.6. The minimum atomic E-state index is -4.39. The first-order chi connectivity index (χ1) is 13.3. The van der Waals surface area contributed by atoms with E-state index < -0.39 is 11.7 Å². The fourth-order valence-electron chi connectivity index (χ4n) is 3.07. The van der Waals surface area contributed by atoms with Gasteiger partial charge < -0.3 is 11.1 Å². The quantitative estimate of drug-likeness (QED) is 0.791. The highest BCUT2D eigenvalue weighted by atomic mass is 19.4. The van der Waals surface area contributed by atoms with Gasteiger partial charge in [-0.25, -0.2) is 0 Å². The van der Waals surface area contributed by atoms with Crippen LogP contribution in [-0.4, -0.2) is 23.1 Å². The van der Waals surface area contributed by atoms with E-state index in [1.54, 1.807) is 31.3 Å². The van der Waals surface area contributed by atoms with Gasteiger partial charge in [-0.15, -0.1) is 0 Å². The number of halogens is 3. The Kier molecular flexibility index (Phi) is 5.48. The van der Waals surface area contributed by atoms with Gasteiger partial charge in [0.05, 0.1) is 22.5 Å². The van der Waals surface area contributed by atoms with Gasteiger partial charge in [-0.3, -0.25) is 14.8 Å². The minimum Gasteiger partial charge on any atom is -0.404 e. The van der Waals surface area contributed by atoms with Crippen molar-refractivity contribution in [2.75, 3.05) is 6.54 Å². The second-order valence-corrected chi connectivity index (χ2v) is 6.53. The number of carbonyl (C=O) groups is 1. The van der Waals surface area contributed by atoms with Crippen LogP contribution in [0.5, 0.6) is 0 Å². The summed E-state index contributed by atoms with van der Waals surface area (Å²) in [6.45, 7) is 2.10. The molecule has 1 aromatic heterocycles. The molecule has 1 aromatic carbocycles. The summed E-state index contributed by atoms with van der Waals surface area (Å²) in [7, 11) is 0. The van der Waals surface area contributed by atoms with E-state index in [-0.39, 0.29) is 12.3 Å². The molecular formula is C20H19F3N4O. The maximum absolute atomic E-state index is 13.0. The smallest absolute Gasteiger partial charge is 0.404 e. The van der Waals surface area contributed by atoms with Gasteiger partial charge in [-0.2, -0.15) is 13.2 Å². The molecule has 0 spiro atoms. The first-order valence-corrected chi connectivity index (χ1v) is 8.67. The molecule has 0 bridgehead atoms. The fourth-order valence-corrected chi connectivity index (χ4v) is 3.07.